The average molecular weight is 619 g/mol. The summed E-state index contributed by atoms with van der Waals surface area (Å²) < 4.78 is 30.2. The fraction of sp³-hybridized carbons (Fsp3) is 0.500. The van der Waals surface area contributed by atoms with Gasteiger partial charge in [-0.1, -0.05) is 36.4 Å². The summed E-state index contributed by atoms with van der Waals surface area (Å²) in [7, 11) is 3.30. The van der Waals surface area contributed by atoms with E-state index in [1.54, 1.807) is 90.3 Å². The van der Waals surface area contributed by atoms with Gasteiger partial charge in [0.2, 0.25) is 0 Å². The van der Waals surface area contributed by atoms with Gasteiger partial charge in [0.25, 0.3) is 0 Å². The van der Waals surface area contributed by atoms with Crippen molar-refractivity contribution in [3.63, 3.8) is 0 Å². The molecule has 44 heavy (non-hydrogen) atoms. The van der Waals surface area contributed by atoms with E-state index in [9.17, 15) is 19.2 Å². The Morgan fingerprint density at radius 2 is 1.00 bits per heavy atom. The van der Waals surface area contributed by atoms with Gasteiger partial charge in [-0.15, -0.1) is 0 Å². The molecule has 12 heteroatoms. The maximum atomic E-state index is 12.2. The summed E-state index contributed by atoms with van der Waals surface area (Å²) in [6, 6.07) is 17.3. The van der Waals surface area contributed by atoms with E-state index in [-0.39, 0.29) is 30.9 Å². The Balaban J connectivity index is 0.000000474. The second-order valence-electron chi connectivity index (χ2n) is 9.98. The first kappa shape index (κ1) is 37.5. The summed E-state index contributed by atoms with van der Waals surface area (Å²) >= 11 is 0. The van der Waals surface area contributed by atoms with Crippen molar-refractivity contribution in [2.75, 3.05) is 27.3 Å². The van der Waals surface area contributed by atoms with Crippen LogP contribution in [0.15, 0.2) is 60.7 Å². The van der Waals surface area contributed by atoms with Crippen molar-refractivity contribution < 1.29 is 47.6 Å². The highest BCUT2D eigenvalue weighted by Gasteiger charge is 2.23. The number of amides is 2. The third kappa shape index (κ3) is 15.1. The van der Waals surface area contributed by atoms with Crippen LogP contribution in [0.4, 0.5) is 19.2 Å². The lowest BCUT2D eigenvalue weighted by atomic mass is 10.1. The third-order valence-corrected chi connectivity index (χ3v) is 6.26. The van der Waals surface area contributed by atoms with Gasteiger partial charge in [-0.25, -0.2) is 19.2 Å². The van der Waals surface area contributed by atoms with Crippen molar-refractivity contribution in [3.8, 4) is 11.5 Å². The van der Waals surface area contributed by atoms with Gasteiger partial charge in [0.15, 0.2) is 0 Å². The van der Waals surface area contributed by atoms with E-state index in [1.807, 2.05) is 26.0 Å². The van der Waals surface area contributed by atoms with E-state index in [1.165, 1.54) is 9.80 Å². The molecule has 0 spiro atoms. The van der Waals surface area contributed by atoms with Crippen LogP contribution < -0.4 is 9.47 Å². The van der Waals surface area contributed by atoms with Crippen LogP contribution in [-0.4, -0.2) is 85.9 Å². The number of ether oxygens (including phenoxy) is 6. The summed E-state index contributed by atoms with van der Waals surface area (Å²) in [6.07, 6.45) is -2.08. The molecule has 0 fully saturated rings. The molecular formula is C32H46N2O10. The molecule has 0 N–H and O–H groups in total. The lowest BCUT2D eigenvalue weighted by Crippen LogP contribution is -2.39. The summed E-state index contributed by atoms with van der Waals surface area (Å²) in [5, 5.41) is 0. The highest BCUT2D eigenvalue weighted by atomic mass is 16.7. The van der Waals surface area contributed by atoms with E-state index in [2.05, 4.69) is 4.74 Å². The molecule has 0 heterocycles. The first-order valence-corrected chi connectivity index (χ1v) is 14.5. The lowest BCUT2D eigenvalue weighted by molar-refractivity contribution is 0.0213. The normalized spacial score (nSPS) is 12.9. The number of rotatable bonds is 12. The Morgan fingerprint density at radius 1 is 0.591 bits per heavy atom. The molecule has 0 bridgehead atoms. The monoisotopic (exact) mass is 618 g/mol. The predicted molar refractivity (Wildman–Crippen MR) is 164 cm³/mol. The van der Waals surface area contributed by atoms with Gasteiger partial charge in [0, 0.05) is 39.0 Å². The average Bonchev–Trinajstić information content (AvgIpc) is 2.97. The van der Waals surface area contributed by atoms with Crippen molar-refractivity contribution in [3.05, 3.63) is 60.7 Å². The minimum absolute atomic E-state index is 0.0894. The largest absolute Gasteiger partial charge is 0.514 e. The second kappa shape index (κ2) is 20.4. The summed E-state index contributed by atoms with van der Waals surface area (Å²) in [5.41, 5.74) is 0. The molecule has 0 saturated carbocycles. The van der Waals surface area contributed by atoms with Gasteiger partial charge in [-0.05, 0) is 65.8 Å². The molecule has 4 atom stereocenters. The number of carbonyl (C=O) groups excluding carboxylic acids is 4. The van der Waals surface area contributed by atoms with E-state index in [4.69, 9.17) is 23.7 Å². The lowest BCUT2D eigenvalue weighted by Gasteiger charge is -2.26. The van der Waals surface area contributed by atoms with Crippen LogP contribution in [0.25, 0.3) is 0 Å². The standard InChI is InChI=1S/C20H23NO5.C12H23NO5/c1-15(21(3)19(22)25-17-10-6-4-7-11-17)14-16(2)24-20(23)26-18-12-8-5-9-13-18;1-6-16-11(14)13(5)9(3)8-10(4)18-12(15)17-7-2/h4-13,15-16H,14H2,1-3H3;9-10H,6-8H2,1-5H3. The predicted octanol–water partition coefficient (Wildman–Crippen LogP) is 6.91. The third-order valence-electron chi connectivity index (χ3n) is 6.26. The van der Waals surface area contributed by atoms with Gasteiger partial charge in [0.05, 0.1) is 13.2 Å². The summed E-state index contributed by atoms with van der Waals surface area (Å²) in [5.74, 6) is 0.897. The number of hydrogen-bond donors (Lipinski definition) is 0. The first-order chi connectivity index (χ1) is 20.9. The molecule has 2 aromatic rings. The summed E-state index contributed by atoms with van der Waals surface area (Å²) in [4.78, 5) is 49.5. The Kier molecular flexibility index (Phi) is 17.4. The molecule has 2 amide bonds. The number of carbonyl (C=O) groups is 4. The molecule has 0 aliphatic heterocycles. The number of nitrogens with zero attached hydrogens (tertiary/aromatic N) is 2. The fourth-order valence-corrected chi connectivity index (χ4v) is 3.71. The number of benzene rings is 2. The van der Waals surface area contributed by atoms with E-state index < -0.39 is 24.5 Å². The van der Waals surface area contributed by atoms with Crippen molar-refractivity contribution in [2.45, 2.75) is 78.7 Å². The maximum absolute atomic E-state index is 12.2. The highest BCUT2D eigenvalue weighted by molar-refractivity contribution is 5.70. The summed E-state index contributed by atoms with van der Waals surface area (Å²) in [6.45, 7) is 11.3. The molecule has 0 aliphatic carbocycles. The molecule has 12 nitrogen and oxygen atoms in total. The van der Waals surface area contributed by atoms with Crippen molar-refractivity contribution in [1.82, 2.24) is 9.80 Å². The quantitative estimate of drug-likeness (QED) is 0.140. The molecule has 0 saturated heterocycles. The van der Waals surface area contributed by atoms with Crippen LogP contribution in [-0.2, 0) is 18.9 Å². The van der Waals surface area contributed by atoms with Gasteiger partial charge < -0.3 is 38.2 Å². The van der Waals surface area contributed by atoms with Crippen molar-refractivity contribution in [2.24, 2.45) is 0 Å². The number of hydrogen-bond acceptors (Lipinski definition) is 10. The molecule has 2 rings (SSSR count). The van der Waals surface area contributed by atoms with Crippen LogP contribution >= 0.6 is 0 Å². The molecule has 0 radical (unpaired) electrons. The van der Waals surface area contributed by atoms with E-state index >= 15 is 0 Å². The zero-order valence-electron chi connectivity index (χ0n) is 26.9. The highest BCUT2D eigenvalue weighted by Crippen LogP contribution is 2.15. The van der Waals surface area contributed by atoms with Crippen LogP contribution in [0.3, 0.4) is 0 Å². The van der Waals surface area contributed by atoms with E-state index in [0.29, 0.717) is 30.9 Å². The van der Waals surface area contributed by atoms with Gasteiger partial charge >= 0.3 is 24.5 Å². The number of para-hydroxylation sites is 2. The smallest absolute Gasteiger partial charge is 0.450 e. The Hall–Kier alpha value is -4.48. The SMILES string of the molecule is CC(CC(C)N(C)C(=O)Oc1ccccc1)OC(=O)Oc1ccccc1.CCOC(=O)OC(C)CC(C)N(C)C(=O)OCC. The Bertz CT molecular complexity index is 1130. The molecule has 244 valence electrons. The van der Waals surface area contributed by atoms with Crippen LogP contribution in [0.1, 0.15) is 54.4 Å². The molecule has 4 unspecified atom stereocenters. The van der Waals surface area contributed by atoms with Gasteiger partial charge in [-0.3, -0.25) is 0 Å². The molecule has 0 aliphatic rings. The van der Waals surface area contributed by atoms with Crippen molar-refractivity contribution in [1.29, 1.82) is 0 Å². The van der Waals surface area contributed by atoms with Crippen LogP contribution in [0.5, 0.6) is 11.5 Å². The van der Waals surface area contributed by atoms with Gasteiger partial charge in [-0.2, -0.15) is 0 Å². The van der Waals surface area contributed by atoms with Crippen LogP contribution in [0.2, 0.25) is 0 Å². The topological polar surface area (TPSA) is 130 Å². The van der Waals surface area contributed by atoms with Gasteiger partial charge in [0.1, 0.15) is 23.7 Å². The Labute approximate surface area is 260 Å². The Morgan fingerprint density at radius 3 is 1.45 bits per heavy atom. The zero-order valence-corrected chi connectivity index (χ0v) is 26.9. The zero-order chi connectivity index (χ0) is 33.1. The molecule has 0 aromatic heterocycles. The minimum Gasteiger partial charge on any atom is -0.450 e. The minimum atomic E-state index is -0.773. The van der Waals surface area contributed by atoms with Crippen LogP contribution in [0, 0.1) is 0 Å². The maximum Gasteiger partial charge on any atom is 0.514 e. The fourth-order valence-electron chi connectivity index (χ4n) is 3.71. The molecular weight excluding hydrogens is 572 g/mol. The second-order valence-corrected chi connectivity index (χ2v) is 9.98. The van der Waals surface area contributed by atoms with Crippen molar-refractivity contribution >= 4 is 24.5 Å². The first-order valence-electron chi connectivity index (χ1n) is 14.5. The van der Waals surface area contributed by atoms with E-state index in [0.717, 1.165) is 0 Å². The molecule has 2 aromatic carbocycles.